The zero-order valence-electron chi connectivity index (χ0n) is 16.1. The van der Waals surface area contributed by atoms with Crippen LogP contribution in [0.1, 0.15) is 11.1 Å². The highest BCUT2D eigenvalue weighted by molar-refractivity contribution is 7.58. The maximum absolute atomic E-state index is 9.48. The molecule has 2 aromatic carbocycles. The molecule has 0 fully saturated rings. The van der Waals surface area contributed by atoms with Gasteiger partial charge in [0.1, 0.15) is 11.5 Å². The summed E-state index contributed by atoms with van der Waals surface area (Å²) in [6, 6.07) is 15.9. The van der Waals surface area contributed by atoms with Crippen LogP contribution in [0, 0.1) is 0 Å². The fraction of sp³-hybridized carbons (Fsp3) is 0.250. The standard InChI is InChI=1S/2C8H11NO.H4O7P2/c2*1-10-8-4-2-7(6-9)3-5-8;1-8(2,3)7-9(4,5)6/h2*2-5H,6,9H2,1H3;(H2,1,2,3)(H2,4,5,6). The Hall–Kier alpha value is -1.78. The van der Waals surface area contributed by atoms with E-state index in [1.807, 2.05) is 48.5 Å². The summed E-state index contributed by atoms with van der Waals surface area (Å²) in [6.45, 7) is 1.67. The third kappa shape index (κ3) is 14.8. The number of benzene rings is 2. The molecule has 0 radical (unpaired) electrons. The zero-order valence-corrected chi connectivity index (χ0v) is 17.9. The van der Waals surface area contributed by atoms with Gasteiger partial charge in [0.15, 0.2) is 0 Å². The molecule has 29 heavy (non-hydrogen) atoms. The SMILES string of the molecule is COc1ccc(C[NH3+])cc1.COc1ccc(C[NH3+])cc1.O=P([O-])(O)OP(=O)([O-])O. The minimum Gasteiger partial charge on any atom is -0.756 e. The van der Waals surface area contributed by atoms with Crippen molar-refractivity contribution in [2.24, 2.45) is 0 Å². The molecule has 11 nitrogen and oxygen atoms in total. The Morgan fingerprint density at radius 1 is 0.759 bits per heavy atom. The molecule has 2 atom stereocenters. The highest BCUT2D eigenvalue weighted by Gasteiger charge is 2.10. The van der Waals surface area contributed by atoms with E-state index in [2.05, 4.69) is 15.8 Å². The van der Waals surface area contributed by atoms with Crippen molar-refractivity contribution in [2.75, 3.05) is 14.2 Å². The van der Waals surface area contributed by atoms with E-state index in [4.69, 9.17) is 19.3 Å². The lowest BCUT2D eigenvalue weighted by Crippen LogP contribution is -2.47. The third-order valence-electron chi connectivity index (χ3n) is 3.10. The van der Waals surface area contributed by atoms with E-state index >= 15 is 0 Å². The van der Waals surface area contributed by atoms with Gasteiger partial charge in [-0.1, -0.05) is 0 Å². The van der Waals surface area contributed by atoms with E-state index < -0.39 is 15.6 Å². The summed E-state index contributed by atoms with van der Waals surface area (Å²) in [4.78, 5) is 34.1. The van der Waals surface area contributed by atoms with E-state index in [1.165, 1.54) is 11.1 Å². The van der Waals surface area contributed by atoms with Crippen molar-refractivity contribution in [2.45, 2.75) is 13.1 Å². The van der Waals surface area contributed by atoms with Crippen LogP contribution in [0.3, 0.4) is 0 Å². The highest BCUT2D eigenvalue weighted by atomic mass is 31.3. The van der Waals surface area contributed by atoms with Gasteiger partial charge in [-0.25, -0.2) is 4.31 Å². The van der Waals surface area contributed by atoms with Crippen molar-refractivity contribution < 1.29 is 54.0 Å². The second-order valence-corrected chi connectivity index (χ2v) is 7.74. The van der Waals surface area contributed by atoms with Crippen molar-refractivity contribution in [1.29, 1.82) is 0 Å². The Kier molecular flexibility index (Phi) is 12.6. The summed E-state index contributed by atoms with van der Waals surface area (Å²) in [5.74, 6) is 1.80. The molecule has 0 spiro atoms. The average molecular weight is 452 g/mol. The molecule has 2 aromatic rings. The van der Waals surface area contributed by atoms with Gasteiger partial charge in [-0.15, -0.1) is 0 Å². The number of hydrogen-bond acceptors (Lipinski definition) is 7. The molecule has 0 bridgehead atoms. The number of ether oxygens (including phenoxy) is 2. The first-order valence-electron chi connectivity index (χ1n) is 8.07. The van der Waals surface area contributed by atoms with Gasteiger partial charge in [0.25, 0.3) is 15.6 Å². The zero-order chi connectivity index (χ0) is 22.5. The molecule has 0 aliphatic rings. The van der Waals surface area contributed by atoms with E-state index in [9.17, 15) is 18.9 Å². The number of hydrogen-bond donors (Lipinski definition) is 4. The maximum Gasteiger partial charge on any atom is 0.271 e. The molecule has 8 N–H and O–H groups in total. The number of quaternary nitrogens is 2. The predicted octanol–water partition coefficient (Wildman–Crippen LogP) is -1.20. The van der Waals surface area contributed by atoms with Gasteiger partial charge < -0.3 is 40.5 Å². The van der Waals surface area contributed by atoms with Crippen LogP contribution in [-0.4, -0.2) is 24.0 Å². The van der Waals surface area contributed by atoms with Crippen LogP contribution < -0.4 is 30.7 Å². The third-order valence-corrected chi connectivity index (χ3v) is 4.75. The lowest BCUT2D eigenvalue weighted by molar-refractivity contribution is -0.386. The fourth-order valence-electron chi connectivity index (χ4n) is 1.71. The molecule has 0 saturated carbocycles. The molecular formula is C16H26N2O9P2. The molecule has 0 aromatic heterocycles. The molecule has 0 aliphatic carbocycles. The molecule has 164 valence electrons. The Morgan fingerprint density at radius 3 is 1.17 bits per heavy atom. The number of methoxy groups -OCH3 is 2. The lowest BCUT2D eigenvalue weighted by Gasteiger charge is -2.22. The lowest BCUT2D eigenvalue weighted by atomic mass is 10.2. The largest absolute Gasteiger partial charge is 0.756 e. The average Bonchev–Trinajstić information content (AvgIpc) is 2.66. The van der Waals surface area contributed by atoms with Crippen LogP contribution in [-0.2, 0) is 26.5 Å². The molecule has 0 amide bonds. The summed E-state index contributed by atoms with van der Waals surface area (Å²) in [5.41, 5.74) is 10.0. The quantitative estimate of drug-likeness (QED) is 0.388. The van der Waals surface area contributed by atoms with Gasteiger partial charge in [0.2, 0.25) is 0 Å². The van der Waals surface area contributed by atoms with Gasteiger partial charge in [0, 0.05) is 11.1 Å². The Balaban J connectivity index is 0.000000407. The molecule has 13 heteroatoms. The topological polar surface area (TPSA) is 204 Å². The fourth-order valence-corrected chi connectivity index (χ4v) is 2.76. The molecule has 0 aliphatic heterocycles. The van der Waals surface area contributed by atoms with Crippen LogP contribution in [0.25, 0.3) is 0 Å². The Bertz CT molecular complexity index is 676. The van der Waals surface area contributed by atoms with E-state index in [0.29, 0.717) is 0 Å². The first-order chi connectivity index (χ1) is 13.4. The number of rotatable bonds is 6. The van der Waals surface area contributed by atoms with Gasteiger partial charge in [-0.3, -0.25) is 9.13 Å². The summed E-state index contributed by atoms with van der Waals surface area (Å²) in [6.07, 6.45) is 0. The van der Waals surface area contributed by atoms with Crippen LogP contribution >= 0.6 is 15.6 Å². The second-order valence-electron chi connectivity index (χ2n) is 5.21. The predicted molar refractivity (Wildman–Crippen MR) is 99.9 cm³/mol. The van der Waals surface area contributed by atoms with E-state index in [0.717, 1.165) is 24.6 Å². The van der Waals surface area contributed by atoms with Crippen molar-refractivity contribution >= 4 is 15.6 Å². The van der Waals surface area contributed by atoms with E-state index in [-0.39, 0.29) is 0 Å². The normalized spacial score (nSPS) is 14.1. The monoisotopic (exact) mass is 452 g/mol. The summed E-state index contributed by atoms with van der Waals surface area (Å²) >= 11 is 0. The number of phosphoric acid groups is 2. The van der Waals surface area contributed by atoms with Crippen molar-refractivity contribution in [3.8, 4) is 11.5 Å². The first-order valence-corrected chi connectivity index (χ1v) is 11.1. The molecule has 2 unspecified atom stereocenters. The van der Waals surface area contributed by atoms with Crippen molar-refractivity contribution in [3.63, 3.8) is 0 Å². The van der Waals surface area contributed by atoms with E-state index in [1.54, 1.807) is 14.2 Å². The van der Waals surface area contributed by atoms with Gasteiger partial charge in [-0.2, -0.15) is 0 Å². The van der Waals surface area contributed by atoms with Crippen LogP contribution in [0.4, 0.5) is 0 Å². The van der Waals surface area contributed by atoms with Gasteiger partial charge in [-0.05, 0) is 48.5 Å². The van der Waals surface area contributed by atoms with Crippen LogP contribution in [0.2, 0.25) is 0 Å². The molecule has 0 heterocycles. The van der Waals surface area contributed by atoms with Crippen LogP contribution in [0.15, 0.2) is 48.5 Å². The second kappa shape index (κ2) is 13.4. The summed E-state index contributed by atoms with van der Waals surface area (Å²) in [5, 5.41) is 0. The summed E-state index contributed by atoms with van der Waals surface area (Å²) < 4.78 is 31.7. The summed E-state index contributed by atoms with van der Waals surface area (Å²) in [7, 11) is -7.39. The minimum absolute atomic E-state index is 0.837. The Labute approximate surface area is 168 Å². The first kappa shape index (κ1) is 27.2. The minimum atomic E-state index is -5.36. The highest BCUT2D eigenvalue weighted by Crippen LogP contribution is 2.48. The van der Waals surface area contributed by atoms with Crippen molar-refractivity contribution in [3.05, 3.63) is 59.7 Å². The van der Waals surface area contributed by atoms with Gasteiger partial charge >= 0.3 is 0 Å². The molecular weight excluding hydrogens is 426 g/mol. The van der Waals surface area contributed by atoms with Crippen LogP contribution in [0.5, 0.6) is 11.5 Å². The molecule has 2 rings (SSSR count). The van der Waals surface area contributed by atoms with Crippen molar-refractivity contribution in [1.82, 2.24) is 0 Å². The smallest absolute Gasteiger partial charge is 0.271 e. The molecule has 0 saturated heterocycles. The Morgan fingerprint density at radius 2 is 1.03 bits per heavy atom. The van der Waals surface area contributed by atoms with Gasteiger partial charge in [0.05, 0.1) is 27.3 Å². The maximum atomic E-state index is 9.48.